The maximum absolute atomic E-state index is 12.7. The molecule has 7 heteroatoms. The number of esters is 1. The van der Waals surface area contributed by atoms with Gasteiger partial charge in [-0.05, 0) is 38.0 Å². The third kappa shape index (κ3) is 4.24. The zero-order valence-electron chi connectivity index (χ0n) is 15.5. The Bertz CT molecular complexity index is 910. The molecule has 1 atom stereocenters. The molecular weight excluding hydrogens is 366 g/mol. The lowest BCUT2D eigenvalue weighted by atomic mass is 10.1. The highest BCUT2D eigenvalue weighted by atomic mass is 32.2. The van der Waals surface area contributed by atoms with Crippen LogP contribution in [0.15, 0.2) is 44.4 Å². The molecule has 1 aliphatic rings. The second-order valence-electron chi connectivity index (χ2n) is 6.49. The predicted molar refractivity (Wildman–Crippen MR) is 103 cm³/mol. The molecule has 3 rings (SSSR count). The van der Waals surface area contributed by atoms with Gasteiger partial charge in [0.05, 0.1) is 5.69 Å². The van der Waals surface area contributed by atoms with Gasteiger partial charge in [0.15, 0.2) is 6.61 Å². The Hall–Kier alpha value is -2.54. The van der Waals surface area contributed by atoms with Crippen molar-refractivity contribution in [1.29, 1.82) is 0 Å². The van der Waals surface area contributed by atoms with Gasteiger partial charge in [-0.1, -0.05) is 19.1 Å². The average Bonchev–Trinajstić information content (AvgIpc) is 2.77. The first-order valence-electron chi connectivity index (χ1n) is 8.71. The number of ether oxygens (including phenoxy) is 1. The maximum Gasteiger partial charge on any atom is 0.342 e. The molecule has 0 bridgehead atoms. The number of nitrogens with zero attached hydrogens (tertiary/aromatic N) is 1. The minimum absolute atomic E-state index is 0.183. The van der Waals surface area contributed by atoms with E-state index in [2.05, 4.69) is 6.92 Å². The molecule has 1 amide bonds. The van der Waals surface area contributed by atoms with Crippen molar-refractivity contribution in [1.82, 2.24) is 0 Å². The fourth-order valence-electron chi connectivity index (χ4n) is 3.09. The number of thioether (sulfide) groups is 1. The number of fused-ring (bicyclic) bond motifs is 1. The summed E-state index contributed by atoms with van der Waals surface area (Å²) in [4.78, 5) is 39.2. The van der Waals surface area contributed by atoms with Gasteiger partial charge in [-0.25, -0.2) is 9.59 Å². The van der Waals surface area contributed by atoms with E-state index in [1.807, 2.05) is 24.3 Å². The van der Waals surface area contributed by atoms with Gasteiger partial charge in [-0.15, -0.1) is 11.8 Å². The molecule has 0 unspecified atom stereocenters. The summed E-state index contributed by atoms with van der Waals surface area (Å²) in [6, 6.07) is 8.96. The van der Waals surface area contributed by atoms with Crippen molar-refractivity contribution < 1.29 is 18.7 Å². The molecule has 27 heavy (non-hydrogen) atoms. The number of para-hydroxylation sites is 1. The summed E-state index contributed by atoms with van der Waals surface area (Å²) < 4.78 is 10.2. The molecule has 0 saturated heterocycles. The van der Waals surface area contributed by atoms with E-state index in [0.717, 1.165) is 17.0 Å². The molecule has 142 valence electrons. The fraction of sp³-hybridized carbons (Fsp3) is 0.350. The van der Waals surface area contributed by atoms with Crippen molar-refractivity contribution in [2.45, 2.75) is 37.3 Å². The monoisotopic (exact) mass is 387 g/mol. The number of carbonyl (C=O) groups is 2. The van der Waals surface area contributed by atoms with Gasteiger partial charge in [-0.2, -0.15) is 0 Å². The highest BCUT2D eigenvalue weighted by molar-refractivity contribution is 8.00. The molecule has 0 radical (unpaired) electrons. The van der Waals surface area contributed by atoms with E-state index in [1.165, 1.54) is 13.0 Å². The number of hydrogen-bond donors (Lipinski definition) is 0. The third-order valence-electron chi connectivity index (χ3n) is 4.41. The van der Waals surface area contributed by atoms with Crippen LogP contribution in [0, 0.1) is 13.8 Å². The van der Waals surface area contributed by atoms with Crippen LogP contribution in [0.5, 0.6) is 0 Å². The first-order valence-corrected chi connectivity index (χ1v) is 9.59. The van der Waals surface area contributed by atoms with Gasteiger partial charge in [0.1, 0.15) is 11.3 Å². The Morgan fingerprint density at radius 3 is 2.78 bits per heavy atom. The predicted octanol–water partition coefficient (Wildman–Crippen LogP) is 3.33. The van der Waals surface area contributed by atoms with E-state index in [-0.39, 0.29) is 23.8 Å². The number of carbonyl (C=O) groups excluding carboxylic acids is 2. The zero-order chi connectivity index (χ0) is 19.6. The normalized spacial score (nSPS) is 16.4. The van der Waals surface area contributed by atoms with Gasteiger partial charge in [0.25, 0.3) is 5.91 Å². The van der Waals surface area contributed by atoms with Gasteiger partial charge in [-0.3, -0.25) is 4.79 Å². The van der Waals surface area contributed by atoms with Crippen LogP contribution in [-0.2, 0) is 9.53 Å². The van der Waals surface area contributed by atoms with Gasteiger partial charge in [0.2, 0.25) is 0 Å². The number of benzene rings is 1. The quantitative estimate of drug-likeness (QED) is 0.752. The van der Waals surface area contributed by atoms with Crippen LogP contribution in [0.25, 0.3) is 0 Å². The standard InChI is InChI=1S/C20H21NO5S/c1-12-10-18(23)26-14(3)19(12)20(24)25-11-17(22)21-9-8-13(2)27-16-7-5-4-6-15(16)21/h4-7,10,13H,8-9,11H2,1-3H3/t13-/m1/s1. The van der Waals surface area contributed by atoms with Crippen molar-refractivity contribution in [2.24, 2.45) is 0 Å². The third-order valence-corrected chi connectivity index (χ3v) is 5.65. The molecule has 0 aliphatic carbocycles. The summed E-state index contributed by atoms with van der Waals surface area (Å²) in [7, 11) is 0. The van der Waals surface area contributed by atoms with E-state index >= 15 is 0 Å². The smallest absolute Gasteiger partial charge is 0.342 e. The second kappa shape index (κ2) is 8.00. The minimum atomic E-state index is -0.673. The number of aryl methyl sites for hydroxylation is 2. The highest BCUT2D eigenvalue weighted by Crippen LogP contribution is 2.37. The first kappa shape index (κ1) is 19.2. The number of amides is 1. The van der Waals surface area contributed by atoms with Crippen LogP contribution < -0.4 is 10.5 Å². The van der Waals surface area contributed by atoms with Crippen molar-refractivity contribution in [3.63, 3.8) is 0 Å². The number of rotatable bonds is 3. The van der Waals surface area contributed by atoms with Crippen molar-refractivity contribution in [3.8, 4) is 0 Å². The molecule has 1 aromatic carbocycles. The van der Waals surface area contributed by atoms with Gasteiger partial charge < -0.3 is 14.1 Å². The summed E-state index contributed by atoms with van der Waals surface area (Å²) in [5.74, 6) is -0.770. The Morgan fingerprint density at radius 2 is 2.04 bits per heavy atom. The molecule has 2 aromatic rings. The lowest BCUT2D eigenvalue weighted by Crippen LogP contribution is -2.36. The zero-order valence-corrected chi connectivity index (χ0v) is 16.3. The lowest BCUT2D eigenvalue weighted by molar-refractivity contribution is -0.121. The largest absolute Gasteiger partial charge is 0.452 e. The lowest BCUT2D eigenvalue weighted by Gasteiger charge is -2.22. The van der Waals surface area contributed by atoms with Crippen LogP contribution in [-0.4, -0.2) is 30.3 Å². The SMILES string of the molecule is Cc1cc(=O)oc(C)c1C(=O)OCC(=O)N1CC[C@@H](C)Sc2ccccc21. The maximum atomic E-state index is 12.7. The first-order chi connectivity index (χ1) is 12.9. The summed E-state index contributed by atoms with van der Waals surface area (Å²) in [5, 5.41) is 0.393. The Kier molecular flexibility index (Phi) is 5.70. The van der Waals surface area contributed by atoms with Crippen LogP contribution in [0.4, 0.5) is 5.69 Å². The molecular formula is C20H21NO5S. The Balaban J connectivity index is 1.75. The van der Waals surface area contributed by atoms with E-state index < -0.39 is 11.6 Å². The van der Waals surface area contributed by atoms with Crippen LogP contribution in [0.2, 0.25) is 0 Å². The minimum Gasteiger partial charge on any atom is -0.452 e. The summed E-state index contributed by atoms with van der Waals surface area (Å²) >= 11 is 1.74. The summed E-state index contributed by atoms with van der Waals surface area (Å²) in [6.45, 7) is 5.48. The molecule has 1 aromatic heterocycles. The molecule has 1 aliphatic heterocycles. The number of anilines is 1. The fourth-order valence-corrected chi connectivity index (χ4v) is 4.20. The topological polar surface area (TPSA) is 76.8 Å². The van der Waals surface area contributed by atoms with E-state index in [0.29, 0.717) is 17.4 Å². The molecule has 0 saturated carbocycles. The number of hydrogen-bond acceptors (Lipinski definition) is 6. The molecule has 0 fully saturated rings. The van der Waals surface area contributed by atoms with E-state index in [1.54, 1.807) is 23.6 Å². The molecule has 2 heterocycles. The Morgan fingerprint density at radius 1 is 1.30 bits per heavy atom. The van der Waals surface area contributed by atoms with E-state index in [4.69, 9.17) is 9.15 Å². The highest BCUT2D eigenvalue weighted by Gasteiger charge is 2.25. The molecule has 0 N–H and O–H groups in total. The van der Waals surface area contributed by atoms with Gasteiger partial charge >= 0.3 is 11.6 Å². The van der Waals surface area contributed by atoms with E-state index in [9.17, 15) is 14.4 Å². The average molecular weight is 387 g/mol. The van der Waals surface area contributed by atoms with Crippen LogP contribution in [0.3, 0.4) is 0 Å². The van der Waals surface area contributed by atoms with Crippen LogP contribution >= 0.6 is 11.8 Å². The van der Waals surface area contributed by atoms with Crippen molar-refractivity contribution in [3.05, 3.63) is 57.6 Å². The van der Waals surface area contributed by atoms with Gasteiger partial charge in [0, 0.05) is 22.8 Å². The Labute approximate surface area is 161 Å². The van der Waals surface area contributed by atoms with Crippen molar-refractivity contribution in [2.75, 3.05) is 18.1 Å². The summed E-state index contributed by atoms with van der Waals surface area (Å²) in [5.41, 5.74) is 0.964. The molecule has 0 spiro atoms. The van der Waals surface area contributed by atoms with Crippen LogP contribution in [0.1, 0.15) is 35.0 Å². The second-order valence-corrected chi connectivity index (χ2v) is 7.97. The van der Waals surface area contributed by atoms with Crippen molar-refractivity contribution >= 4 is 29.3 Å². The summed E-state index contributed by atoms with van der Waals surface area (Å²) in [6.07, 6.45) is 0.848. The molecule has 6 nitrogen and oxygen atoms in total.